The monoisotopic (exact) mass is 275 g/mol. The molecule has 2 rings (SSSR count). The molecule has 4 nitrogen and oxygen atoms in total. The van der Waals surface area contributed by atoms with Crippen LogP contribution in [0, 0.1) is 0 Å². The number of benzene rings is 1. The molecule has 98 valence electrons. The molecule has 1 heterocycles. The van der Waals surface area contributed by atoms with Gasteiger partial charge in [-0.2, -0.15) is 0 Å². The maximum absolute atomic E-state index is 8.96. The lowest BCUT2D eigenvalue weighted by Gasteiger charge is -2.06. The predicted octanol–water partition coefficient (Wildman–Crippen LogP) is 0.932. The number of thioether (sulfide) groups is 1. The van der Waals surface area contributed by atoms with Gasteiger partial charge in [0.15, 0.2) is 0 Å². The summed E-state index contributed by atoms with van der Waals surface area (Å²) >= 11 is 1.63. The van der Waals surface area contributed by atoms with Crippen molar-refractivity contribution in [2.45, 2.75) is 5.03 Å². The maximum atomic E-state index is 8.96. The number of pyridine rings is 1. The standard InChI is InChI=1S/C13H14BNO3S/c16-14(17)11-4-6-12(7-5-11)18-9-10-19-13-3-1-2-8-15-13/h1-8,16-17H,9-10H2. The van der Waals surface area contributed by atoms with Crippen LogP contribution in [-0.2, 0) is 0 Å². The minimum atomic E-state index is -1.44. The Hall–Kier alpha value is -1.50. The Kier molecular flexibility index (Phi) is 5.26. The lowest BCUT2D eigenvalue weighted by atomic mass is 9.80. The number of aromatic nitrogens is 1. The Morgan fingerprint density at radius 2 is 1.89 bits per heavy atom. The van der Waals surface area contributed by atoms with Crippen LogP contribution >= 0.6 is 11.8 Å². The second-order valence-electron chi connectivity index (χ2n) is 3.81. The summed E-state index contributed by atoms with van der Waals surface area (Å²) in [4.78, 5) is 4.21. The van der Waals surface area contributed by atoms with Crippen LogP contribution in [0.5, 0.6) is 5.75 Å². The molecular formula is C13H14BNO3S. The molecule has 0 fully saturated rings. The summed E-state index contributed by atoms with van der Waals surface area (Å²) in [5.74, 6) is 1.52. The van der Waals surface area contributed by atoms with E-state index in [9.17, 15) is 0 Å². The lowest BCUT2D eigenvalue weighted by molar-refractivity contribution is 0.344. The molecule has 19 heavy (non-hydrogen) atoms. The minimum absolute atomic E-state index is 0.454. The van der Waals surface area contributed by atoms with Crippen molar-refractivity contribution in [1.82, 2.24) is 4.98 Å². The highest BCUT2D eigenvalue weighted by Crippen LogP contribution is 2.14. The van der Waals surface area contributed by atoms with Gasteiger partial charge >= 0.3 is 7.12 Å². The first-order valence-corrected chi connectivity index (χ1v) is 6.87. The highest BCUT2D eigenvalue weighted by atomic mass is 32.2. The fraction of sp³-hybridized carbons (Fsp3) is 0.154. The van der Waals surface area contributed by atoms with Gasteiger partial charge in [0.2, 0.25) is 0 Å². The maximum Gasteiger partial charge on any atom is 0.488 e. The molecule has 0 radical (unpaired) electrons. The van der Waals surface area contributed by atoms with Gasteiger partial charge in [-0.05, 0) is 29.7 Å². The fourth-order valence-electron chi connectivity index (χ4n) is 1.47. The van der Waals surface area contributed by atoms with E-state index in [-0.39, 0.29) is 0 Å². The van der Waals surface area contributed by atoms with Gasteiger partial charge in [-0.3, -0.25) is 0 Å². The van der Waals surface area contributed by atoms with Crippen LogP contribution in [0.4, 0.5) is 0 Å². The van der Waals surface area contributed by atoms with E-state index in [1.807, 2.05) is 18.2 Å². The molecule has 0 unspecified atom stereocenters. The van der Waals surface area contributed by atoms with E-state index < -0.39 is 7.12 Å². The Labute approximate surface area is 116 Å². The molecule has 0 aliphatic rings. The number of hydrogen-bond acceptors (Lipinski definition) is 5. The van der Waals surface area contributed by atoms with Gasteiger partial charge in [-0.1, -0.05) is 18.2 Å². The highest BCUT2D eigenvalue weighted by molar-refractivity contribution is 7.99. The Bertz CT molecular complexity index is 493. The molecule has 0 saturated heterocycles. The van der Waals surface area contributed by atoms with Crippen molar-refractivity contribution in [3.63, 3.8) is 0 Å². The van der Waals surface area contributed by atoms with E-state index >= 15 is 0 Å². The summed E-state index contributed by atoms with van der Waals surface area (Å²) in [5.41, 5.74) is 0.454. The molecule has 0 aliphatic heterocycles. The SMILES string of the molecule is OB(O)c1ccc(OCCSc2ccccn2)cc1. The first-order chi connectivity index (χ1) is 9.25. The summed E-state index contributed by atoms with van der Waals surface area (Å²) < 4.78 is 5.55. The topological polar surface area (TPSA) is 62.6 Å². The van der Waals surface area contributed by atoms with Gasteiger partial charge in [0.25, 0.3) is 0 Å². The van der Waals surface area contributed by atoms with E-state index in [1.165, 1.54) is 0 Å². The van der Waals surface area contributed by atoms with Crippen molar-refractivity contribution in [3.05, 3.63) is 48.7 Å². The molecule has 0 aliphatic carbocycles. The zero-order valence-corrected chi connectivity index (χ0v) is 11.1. The molecular weight excluding hydrogens is 261 g/mol. The molecule has 2 aromatic rings. The van der Waals surface area contributed by atoms with Gasteiger partial charge in [0.05, 0.1) is 11.6 Å². The van der Waals surface area contributed by atoms with E-state index in [2.05, 4.69) is 4.98 Å². The van der Waals surface area contributed by atoms with Gasteiger partial charge in [0, 0.05) is 11.9 Å². The lowest BCUT2D eigenvalue weighted by Crippen LogP contribution is -2.29. The zero-order chi connectivity index (χ0) is 13.5. The Morgan fingerprint density at radius 1 is 1.11 bits per heavy atom. The zero-order valence-electron chi connectivity index (χ0n) is 10.3. The minimum Gasteiger partial charge on any atom is -0.493 e. The number of ether oxygens (including phenoxy) is 1. The van der Waals surface area contributed by atoms with Crippen molar-refractivity contribution in [1.29, 1.82) is 0 Å². The van der Waals surface area contributed by atoms with Gasteiger partial charge in [-0.25, -0.2) is 4.98 Å². The third-order valence-electron chi connectivity index (χ3n) is 2.42. The number of rotatable bonds is 6. The van der Waals surface area contributed by atoms with Crippen molar-refractivity contribution in [2.75, 3.05) is 12.4 Å². The number of nitrogens with zero attached hydrogens (tertiary/aromatic N) is 1. The third-order valence-corrected chi connectivity index (χ3v) is 3.33. The summed E-state index contributed by atoms with van der Waals surface area (Å²) in [6, 6.07) is 12.5. The molecule has 2 N–H and O–H groups in total. The van der Waals surface area contributed by atoms with E-state index in [0.717, 1.165) is 10.8 Å². The quantitative estimate of drug-likeness (QED) is 0.466. The van der Waals surface area contributed by atoms with E-state index in [0.29, 0.717) is 17.8 Å². The van der Waals surface area contributed by atoms with Crippen LogP contribution in [0.2, 0.25) is 0 Å². The van der Waals surface area contributed by atoms with Crippen molar-refractivity contribution >= 4 is 24.3 Å². The van der Waals surface area contributed by atoms with Crippen LogP contribution in [-0.4, -0.2) is 34.5 Å². The molecule has 1 aromatic carbocycles. The Balaban J connectivity index is 1.74. The van der Waals surface area contributed by atoms with Gasteiger partial charge < -0.3 is 14.8 Å². The van der Waals surface area contributed by atoms with Crippen LogP contribution in [0.1, 0.15) is 0 Å². The molecule has 0 spiro atoms. The summed E-state index contributed by atoms with van der Waals surface area (Å²) in [6.07, 6.45) is 1.77. The van der Waals surface area contributed by atoms with Crippen LogP contribution < -0.4 is 10.2 Å². The van der Waals surface area contributed by atoms with Gasteiger partial charge in [-0.15, -0.1) is 11.8 Å². The highest BCUT2D eigenvalue weighted by Gasteiger charge is 2.09. The largest absolute Gasteiger partial charge is 0.493 e. The van der Waals surface area contributed by atoms with Crippen LogP contribution in [0.3, 0.4) is 0 Å². The first kappa shape index (κ1) is 13.9. The average Bonchev–Trinajstić information content (AvgIpc) is 2.45. The molecule has 0 atom stereocenters. The Morgan fingerprint density at radius 3 is 2.53 bits per heavy atom. The van der Waals surface area contributed by atoms with E-state index in [4.69, 9.17) is 14.8 Å². The summed E-state index contributed by atoms with van der Waals surface area (Å²) in [6.45, 7) is 0.572. The molecule has 6 heteroatoms. The van der Waals surface area contributed by atoms with Crippen LogP contribution in [0.25, 0.3) is 0 Å². The summed E-state index contributed by atoms with van der Waals surface area (Å²) in [5, 5.41) is 18.9. The predicted molar refractivity (Wildman–Crippen MR) is 76.7 cm³/mol. The summed E-state index contributed by atoms with van der Waals surface area (Å²) in [7, 11) is -1.44. The fourth-order valence-corrected chi connectivity index (χ4v) is 2.16. The normalized spacial score (nSPS) is 10.2. The van der Waals surface area contributed by atoms with E-state index in [1.54, 1.807) is 42.2 Å². The number of hydrogen-bond donors (Lipinski definition) is 2. The average molecular weight is 275 g/mol. The van der Waals surface area contributed by atoms with Crippen molar-refractivity contribution < 1.29 is 14.8 Å². The first-order valence-electron chi connectivity index (χ1n) is 5.88. The second-order valence-corrected chi connectivity index (χ2v) is 4.92. The van der Waals surface area contributed by atoms with Crippen molar-refractivity contribution in [3.8, 4) is 5.75 Å². The molecule has 0 amide bonds. The molecule has 0 saturated carbocycles. The smallest absolute Gasteiger partial charge is 0.488 e. The van der Waals surface area contributed by atoms with Crippen LogP contribution in [0.15, 0.2) is 53.7 Å². The second kappa shape index (κ2) is 7.18. The van der Waals surface area contributed by atoms with Gasteiger partial charge in [0.1, 0.15) is 5.75 Å². The molecule has 1 aromatic heterocycles. The third kappa shape index (κ3) is 4.59. The molecule has 0 bridgehead atoms. The van der Waals surface area contributed by atoms with Crippen molar-refractivity contribution in [2.24, 2.45) is 0 Å².